The molecule has 1 heterocycles. The van der Waals surface area contributed by atoms with E-state index >= 15 is 0 Å². The van der Waals surface area contributed by atoms with Gasteiger partial charge in [0.05, 0.1) is 5.75 Å². The Hall–Kier alpha value is -1.04. The fourth-order valence-corrected chi connectivity index (χ4v) is 3.54. The fraction of sp³-hybridized carbons (Fsp3) is 0.786. The first-order valence-corrected chi connectivity index (χ1v) is 8.19. The number of aromatic nitrogens is 3. The highest BCUT2D eigenvalue weighted by atomic mass is 32.2. The molecule has 0 atom stereocenters. The number of thioether (sulfide) groups is 1. The van der Waals surface area contributed by atoms with Crippen LogP contribution in [0.25, 0.3) is 0 Å². The van der Waals surface area contributed by atoms with E-state index in [1.165, 1.54) is 24.6 Å². The third kappa shape index (κ3) is 3.34. The van der Waals surface area contributed by atoms with Gasteiger partial charge in [0.15, 0.2) is 5.16 Å². The van der Waals surface area contributed by atoms with Crippen LogP contribution in [0.1, 0.15) is 52.3 Å². The molecule has 6 heteroatoms. The first-order chi connectivity index (χ1) is 9.42. The van der Waals surface area contributed by atoms with Crippen LogP contribution in [0.4, 0.5) is 0 Å². The minimum atomic E-state index is -0.817. The Morgan fingerprint density at radius 3 is 2.60 bits per heavy atom. The van der Waals surface area contributed by atoms with E-state index in [2.05, 4.69) is 35.5 Å². The molecule has 0 amide bonds. The van der Waals surface area contributed by atoms with Crippen molar-refractivity contribution >= 4 is 17.7 Å². The standard InChI is InChI=1S/C14H23N3O2S/c1-10(2)8-17-12(14(3)6-4-5-7-14)15-16-13(17)20-9-11(18)19/h10H,4-9H2,1-3H3,(H,18,19). The Morgan fingerprint density at radius 1 is 1.40 bits per heavy atom. The van der Waals surface area contributed by atoms with E-state index in [1.807, 2.05) is 0 Å². The van der Waals surface area contributed by atoms with Crippen molar-refractivity contribution in [1.29, 1.82) is 0 Å². The molecule has 0 saturated heterocycles. The van der Waals surface area contributed by atoms with Gasteiger partial charge in [-0.25, -0.2) is 0 Å². The predicted octanol–water partition coefficient (Wildman–Crippen LogP) is 2.94. The average molecular weight is 297 g/mol. The van der Waals surface area contributed by atoms with Gasteiger partial charge in [0, 0.05) is 12.0 Å². The van der Waals surface area contributed by atoms with Crippen molar-refractivity contribution in [3.8, 4) is 0 Å². The molecule has 112 valence electrons. The van der Waals surface area contributed by atoms with Gasteiger partial charge >= 0.3 is 5.97 Å². The molecule has 1 aromatic heterocycles. The van der Waals surface area contributed by atoms with Crippen LogP contribution in [0.3, 0.4) is 0 Å². The molecule has 1 N–H and O–H groups in total. The molecule has 20 heavy (non-hydrogen) atoms. The zero-order valence-electron chi connectivity index (χ0n) is 12.4. The lowest BCUT2D eigenvalue weighted by Crippen LogP contribution is -2.24. The molecule has 1 aromatic rings. The van der Waals surface area contributed by atoms with Gasteiger partial charge in [-0.15, -0.1) is 10.2 Å². The third-order valence-corrected chi connectivity index (χ3v) is 4.79. The first-order valence-electron chi connectivity index (χ1n) is 7.20. The molecule has 0 unspecified atom stereocenters. The average Bonchev–Trinajstić information content (AvgIpc) is 2.94. The molecule has 0 spiro atoms. The fourth-order valence-electron chi connectivity index (χ4n) is 2.88. The highest BCUT2D eigenvalue weighted by Crippen LogP contribution is 2.40. The summed E-state index contributed by atoms with van der Waals surface area (Å²) in [6.07, 6.45) is 4.77. The number of hydrogen-bond donors (Lipinski definition) is 1. The van der Waals surface area contributed by atoms with E-state index in [9.17, 15) is 4.79 Å². The molecule has 0 bridgehead atoms. The minimum Gasteiger partial charge on any atom is -0.481 e. The lowest BCUT2D eigenvalue weighted by molar-refractivity contribution is -0.133. The van der Waals surface area contributed by atoms with Gasteiger partial charge in [0.1, 0.15) is 5.82 Å². The van der Waals surface area contributed by atoms with E-state index in [0.29, 0.717) is 5.92 Å². The number of rotatable bonds is 6. The summed E-state index contributed by atoms with van der Waals surface area (Å²) >= 11 is 1.27. The van der Waals surface area contributed by atoms with Gasteiger partial charge in [0.25, 0.3) is 0 Å². The van der Waals surface area contributed by atoms with Crippen LogP contribution in [0.5, 0.6) is 0 Å². The normalized spacial score (nSPS) is 17.8. The Morgan fingerprint density at radius 2 is 2.05 bits per heavy atom. The maximum absolute atomic E-state index is 10.8. The number of carbonyl (C=O) groups is 1. The number of nitrogens with zero attached hydrogens (tertiary/aromatic N) is 3. The van der Waals surface area contributed by atoms with E-state index in [1.54, 1.807) is 0 Å². The molecule has 0 aliphatic heterocycles. The van der Waals surface area contributed by atoms with Gasteiger partial charge in [-0.05, 0) is 18.8 Å². The Balaban J connectivity index is 2.29. The maximum atomic E-state index is 10.8. The summed E-state index contributed by atoms with van der Waals surface area (Å²) in [4.78, 5) is 10.8. The zero-order valence-corrected chi connectivity index (χ0v) is 13.2. The van der Waals surface area contributed by atoms with Gasteiger partial charge in [-0.3, -0.25) is 4.79 Å². The number of carboxylic acids is 1. The summed E-state index contributed by atoms with van der Waals surface area (Å²) in [5, 5.41) is 18.2. The highest BCUT2D eigenvalue weighted by Gasteiger charge is 2.36. The molecule has 1 fully saturated rings. The van der Waals surface area contributed by atoms with Crippen LogP contribution in [0, 0.1) is 5.92 Å². The van der Waals surface area contributed by atoms with Crippen molar-refractivity contribution in [1.82, 2.24) is 14.8 Å². The summed E-state index contributed by atoms with van der Waals surface area (Å²) < 4.78 is 2.14. The lowest BCUT2D eigenvalue weighted by atomic mass is 9.88. The molecule has 0 radical (unpaired) electrons. The summed E-state index contributed by atoms with van der Waals surface area (Å²) in [6, 6.07) is 0. The minimum absolute atomic E-state index is 0.0347. The van der Waals surface area contributed by atoms with Gasteiger partial charge in [0.2, 0.25) is 0 Å². The van der Waals surface area contributed by atoms with Crippen molar-refractivity contribution in [3.05, 3.63) is 5.82 Å². The molecular formula is C14H23N3O2S. The number of aliphatic carboxylic acids is 1. The first kappa shape index (κ1) is 15.4. The third-order valence-electron chi connectivity index (χ3n) is 3.84. The second-order valence-corrected chi connectivity index (χ2v) is 7.20. The molecule has 0 aromatic carbocycles. The molecule has 2 rings (SSSR count). The topological polar surface area (TPSA) is 68.0 Å². The van der Waals surface area contributed by atoms with E-state index in [0.717, 1.165) is 30.4 Å². The van der Waals surface area contributed by atoms with Crippen molar-refractivity contribution < 1.29 is 9.90 Å². The van der Waals surface area contributed by atoms with E-state index in [-0.39, 0.29) is 11.2 Å². The molecule has 1 saturated carbocycles. The molecule has 1 aliphatic rings. The van der Waals surface area contributed by atoms with Crippen LogP contribution in [-0.2, 0) is 16.8 Å². The van der Waals surface area contributed by atoms with Crippen LogP contribution >= 0.6 is 11.8 Å². The monoisotopic (exact) mass is 297 g/mol. The smallest absolute Gasteiger partial charge is 0.313 e. The highest BCUT2D eigenvalue weighted by molar-refractivity contribution is 7.99. The Kier molecular flexibility index (Phi) is 4.73. The summed E-state index contributed by atoms with van der Waals surface area (Å²) in [5.74, 6) is 0.741. The van der Waals surface area contributed by atoms with Crippen molar-refractivity contribution in [2.24, 2.45) is 5.92 Å². The number of hydrogen-bond acceptors (Lipinski definition) is 4. The second kappa shape index (κ2) is 6.16. The van der Waals surface area contributed by atoms with Crippen LogP contribution in [0.15, 0.2) is 5.16 Å². The zero-order chi connectivity index (χ0) is 14.8. The SMILES string of the molecule is CC(C)Cn1c(SCC(=O)O)nnc1C1(C)CCCC1. The predicted molar refractivity (Wildman–Crippen MR) is 79.0 cm³/mol. The van der Waals surface area contributed by atoms with Gasteiger partial charge in [-0.1, -0.05) is 45.4 Å². The van der Waals surface area contributed by atoms with Crippen LogP contribution < -0.4 is 0 Å². The van der Waals surface area contributed by atoms with Crippen molar-refractivity contribution in [2.45, 2.75) is 63.6 Å². The summed E-state index contributed by atoms with van der Waals surface area (Å²) in [7, 11) is 0. The van der Waals surface area contributed by atoms with Crippen molar-refractivity contribution in [3.63, 3.8) is 0 Å². The second-order valence-electron chi connectivity index (χ2n) is 6.26. The largest absolute Gasteiger partial charge is 0.481 e. The van der Waals surface area contributed by atoms with Gasteiger partial charge < -0.3 is 9.67 Å². The quantitative estimate of drug-likeness (QED) is 0.818. The maximum Gasteiger partial charge on any atom is 0.313 e. The Bertz CT molecular complexity index is 479. The van der Waals surface area contributed by atoms with E-state index in [4.69, 9.17) is 5.11 Å². The summed E-state index contributed by atoms with van der Waals surface area (Å²) in [6.45, 7) is 7.42. The van der Waals surface area contributed by atoms with Gasteiger partial charge in [-0.2, -0.15) is 0 Å². The summed E-state index contributed by atoms with van der Waals surface area (Å²) in [5.41, 5.74) is 0.101. The van der Waals surface area contributed by atoms with Crippen molar-refractivity contribution in [2.75, 3.05) is 5.75 Å². The van der Waals surface area contributed by atoms with E-state index < -0.39 is 5.97 Å². The lowest BCUT2D eigenvalue weighted by Gasteiger charge is -2.24. The molecule has 5 nitrogen and oxygen atoms in total. The molecular weight excluding hydrogens is 274 g/mol. The van der Waals surface area contributed by atoms with Crippen LogP contribution in [0.2, 0.25) is 0 Å². The van der Waals surface area contributed by atoms with Crippen LogP contribution in [-0.4, -0.2) is 31.6 Å². The molecule has 1 aliphatic carbocycles. The Labute approximate surface area is 124 Å². The number of carboxylic acid groups (broad SMARTS) is 1.